The molecule has 1 aliphatic heterocycles. The minimum Gasteiger partial charge on any atom is -0.489 e. The Bertz CT molecular complexity index is 1190. The minimum atomic E-state index is -0.376. The normalized spacial score (nSPS) is 16.7. The molecular weight excluding hydrogens is 432 g/mol. The molecule has 176 valence electrons. The largest absolute Gasteiger partial charge is 0.489 e. The number of nitrogens with zero attached hydrogens (tertiary/aromatic N) is 2. The van der Waals surface area contributed by atoms with Crippen molar-refractivity contribution in [3.05, 3.63) is 76.5 Å². The second-order valence-corrected chi connectivity index (χ2v) is 8.47. The van der Waals surface area contributed by atoms with Gasteiger partial charge in [-0.1, -0.05) is 12.1 Å². The van der Waals surface area contributed by atoms with Gasteiger partial charge in [-0.3, -0.25) is 19.4 Å². The first-order valence-electron chi connectivity index (χ1n) is 11.4. The molecule has 0 bridgehead atoms. The summed E-state index contributed by atoms with van der Waals surface area (Å²) in [4.78, 5) is 45.3. The molecule has 0 unspecified atom stereocenters. The third-order valence-electron chi connectivity index (χ3n) is 6.42. The number of hydrogen-bond donors (Lipinski definition) is 0. The summed E-state index contributed by atoms with van der Waals surface area (Å²) in [6.07, 6.45) is 6.72. The van der Waals surface area contributed by atoms with E-state index in [1.807, 2.05) is 35.2 Å². The van der Waals surface area contributed by atoms with Gasteiger partial charge in [0.15, 0.2) is 0 Å². The summed E-state index contributed by atoms with van der Waals surface area (Å²) in [5, 5.41) is 0. The Balaban J connectivity index is 1.74. The molecule has 0 saturated carbocycles. The summed E-state index contributed by atoms with van der Waals surface area (Å²) in [7, 11) is 2.69. The standard InChI is InChI=1S/C27H28N2O5/c1-17-21(24(31)26(34-3)25(33-2)23(17)30)15-18-7-8-20(19-9-11-28-12-10-19)22(16-18)27(32)29-13-5-4-6-14-29/h7-12,16H,4-6,13-15H2,1-3H3. The van der Waals surface area contributed by atoms with E-state index in [9.17, 15) is 14.4 Å². The van der Waals surface area contributed by atoms with Gasteiger partial charge in [-0.25, -0.2) is 0 Å². The van der Waals surface area contributed by atoms with Crippen LogP contribution in [-0.2, 0) is 25.5 Å². The van der Waals surface area contributed by atoms with Crippen molar-refractivity contribution in [2.75, 3.05) is 27.3 Å². The van der Waals surface area contributed by atoms with E-state index in [0.29, 0.717) is 16.7 Å². The number of carbonyl (C=O) groups excluding carboxylic acids is 3. The van der Waals surface area contributed by atoms with Gasteiger partial charge in [0.2, 0.25) is 23.1 Å². The smallest absolute Gasteiger partial charge is 0.254 e. The molecule has 2 aromatic rings. The Kier molecular flexibility index (Phi) is 6.91. The number of piperidine rings is 1. The van der Waals surface area contributed by atoms with Gasteiger partial charge in [0.1, 0.15) is 0 Å². The number of benzene rings is 1. The van der Waals surface area contributed by atoms with Crippen molar-refractivity contribution in [1.29, 1.82) is 0 Å². The van der Waals surface area contributed by atoms with Crippen LogP contribution in [0.1, 0.15) is 42.1 Å². The van der Waals surface area contributed by atoms with Crippen molar-refractivity contribution in [1.82, 2.24) is 9.88 Å². The molecule has 1 saturated heterocycles. The van der Waals surface area contributed by atoms with E-state index in [1.54, 1.807) is 19.3 Å². The van der Waals surface area contributed by atoms with Gasteiger partial charge in [0.05, 0.1) is 14.2 Å². The zero-order chi connectivity index (χ0) is 24.2. The summed E-state index contributed by atoms with van der Waals surface area (Å²) in [6, 6.07) is 9.38. The Labute approximate surface area is 199 Å². The summed E-state index contributed by atoms with van der Waals surface area (Å²) in [5.74, 6) is -0.941. The first-order chi connectivity index (χ1) is 16.5. The van der Waals surface area contributed by atoms with Crippen LogP contribution in [0.4, 0.5) is 0 Å². The maximum absolute atomic E-state index is 13.5. The molecule has 34 heavy (non-hydrogen) atoms. The van der Waals surface area contributed by atoms with Crippen LogP contribution in [0.2, 0.25) is 0 Å². The van der Waals surface area contributed by atoms with E-state index in [0.717, 1.165) is 49.0 Å². The van der Waals surface area contributed by atoms with Crippen LogP contribution < -0.4 is 0 Å². The number of aromatic nitrogens is 1. The molecule has 0 atom stereocenters. The van der Waals surface area contributed by atoms with Crippen LogP contribution in [0, 0.1) is 0 Å². The van der Waals surface area contributed by atoms with E-state index in [-0.39, 0.29) is 35.4 Å². The number of amides is 1. The molecule has 7 heteroatoms. The Morgan fingerprint density at radius 2 is 1.59 bits per heavy atom. The number of ether oxygens (including phenoxy) is 2. The van der Waals surface area contributed by atoms with Crippen LogP contribution in [-0.4, -0.2) is 54.7 Å². The van der Waals surface area contributed by atoms with E-state index in [4.69, 9.17) is 9.47 Å². The first kappa shape index (κ1) is 23.4. The maximum Gasteiger partial charge on any atom is 0.254 e. The Morgan fingerprint density at radius 3 is 2.24 bits per heavy atom. The molecule has 1 aromatic heterocycles. The van der Waals surface area contributed by atoms with Gasteiger partial charge in [-0.2, -0.15) is 0 Å². The number of pyridine rings is 1. The van der Waals surface area contributed by atoms with Crippen molar-refractivity contribution >= 4 is 17.5 Å². The lowest BCUT2D eigenvalue weighted by atomic mass is 9.87. The number of likely N-dealkylation sites (tertiary alicyclic amines) is 1. The fourth-order valence-electron chi connectivity index (χ4n) is 4.54. The number of Topliss-reactive ketones (excluding diaryl/α,β-unsaturated/α-hetero) is 2. The SMILES string of the molecule is COC1=C(OC)C(=O)C(Cc2ccc(-c3ccncc3)c(C(=O)N3CCCCC3)c2)=C(C)C1=O. The number of carbonyl (C=O) groups is 3. The summed E-state index contributed by atoms with van der Waals surface area (Å²) in [6.45, 7) is 3.09. The molecule has 7 nitrogen and oxygen atoms in total. The van der Waals surface area contributed by atoms with Gasteiger partial charge >= 0.3 is 0 Å². The number of allylic oxidation sites excluding steroid dienone is 2. The number of methoxy groups -OCH3 is 2. The Morgan fingerprint density at radius 1 is 0.941 bits per heavy atom. The molecule has 0 radical (unpaired) electrons. The molecule has 2 heterocycles. The van der Waals surface area contributed by atoms with Gasteiger partial charge < -0.3 is 14.4 Å². The molecule has 4 rings (SSSR count). The van der Waals surface area contributed by atoms with Gasteiger partial charge in [0, 0.05) is 48.6 Å². The zero-order valence-corrected chi connectivity index (χ0v) is 19.7. The molecule has 0 spiro atoms. The molecule has 0 N–H and O–H groups in total. The lowest BCUT2D eigenvalue weighted by Crippen LogP contribution is -2.36. The van der Waals surface area contributed by atoms with Crippen LogP contribution in [0.5, 0.6) is 0 Å². The highest BCUT2D eigenvalue weighted by atomic mass is 16.5. The lowest BCUT2D eigenvalue weighted by Gasteiger charge is -2.28. The molecule has 2 aliphatic rings. The highest BCUT2D eigenvalue weighted by Gasteiger charge is 2.34. The fraction of sp³-hybridized carbons (Fsp3) is 0.333. The van der Waals surface area contributed by atoms with Crippen molar-refractivity contribution in [2.45, 2.75) is 32.6 Å². The van der Waals surface area contributed by atoms with Crippen molar-refractivity contribution in [2.24, 2.45) is 0 Å². The monoisotopic (exact) mass is 460 g/mol. The van der Waals surface area contributed by atoms with E-state index < -0.39 is 0 Å². The molecule has 1 fully saturated rings. The summed E-state index contributed by atoms with van der Waals surface area (Å²) in [5.41, 5.74) is 3.73. The van der Waals surface area contributed by atoms with E-state index in [1.165, 1.54) is 14.2 Å². The predicted molar refractivity (Wildman–Crippen MR) is 127 cm³/mol. The number of hydrogen-bond acceptors (Lipinski definition) is 6. The van der Waals surface area contributed by atoms with Crippen molar-refractivity contribution in [3.8, 4) is 11.1 Å². The third-order valence-corrected chi connectivity index (χ3v) is 6.42. The third kappa shape index (κ3) is 4.38. The fourth-order valence-corrected chi connectivity index (χ4v) is 4.54. The maximum atomic E-state index is 13.5. The van der Waals surface area contributed by atoms with Crippen LogP contribution in [0.3, 0.4) is 0 Å². The van der Waals surface area contributed by atoms with Crippen molar-refractivity contribution in [3.63, 3.8) is 0 Å². The van der Waals surface area contributed by atoms with Crippen LogP contribution in [0.25, 0.3) is 11.1 Å². The summed E-state index contributed by atoms with van der Waals surface area (Å²) >= 11 is 0. The van der Waals surface area contributed by atoms with Gasteiger partial charge in [-0.15, -0.1) is 0 Å². The average Bonchev–Trinajstić information content (AvgIpc) is 2.89. The van der Waals surface area contributed by atoms with E-state index in [2.05, 4.69) is 4.98 Å². The number of ketones is 2. The highest BCUT2D eigenvalue weighted by Crippen LogP contribution is 2.31. The Hall–Kier alpha value is -3.74. The number of rotatable bonds is 6. The topological polar surface area (TPSA) is 85.8 Å². The summed E-state index contributed by atoms with van der Waals surface area (Å²) < 4.78 is 10.3. The average molecular weight is 461 g/mol. The van der Waals surface area contributed by atoms with Gasteiger partial charge in [-0.05, 0) is 61.1 Å². The van der Waals surface area contributed by atoms with Crippen LogP contribution in [0.15, 0.2) is 65.4 Å². The predicted octanol–water partition coefficient (Wildman–Crippen LogP) is 3.89. The molecular formula is C27H28N2O5. The quantitative estimate of drug-likeness (QED) is 0.608. The molecule has 1 aromatic carbocycles. The lowest BCUT2D eigenvalue weighted by molar-refractivity contribution is -0.121. The molecule has 1 aliphatic carbocycles. The zero-order valence-electron chi connectivity index (χ0n) is 19.7. The van der Waals surface area contributed by atoms with Crippen molar-refractivity contribution < 1.29 is 23.9 Å². The second-order valence-electron chi connectivity index (χ2n) is 8.47. The van der Waals surface area contributed by atoms with Gasteiger partial charge in [0.25, 0.3) is 5.91 Å². The van der Waals surface area contributed by atoms with Crippen LogP contribution >= 0.6 is 0 Å². The van der Waals surface area contributed by atoms with E-state index >= 15 is 0 Å². The minimum absolute atomic E-state index is 0.0238. The first-order valence-corrected chi connectivity index (χ1v) is 11.4. The molecule has 1 amide bonds. The highest BCUT2D eigenvalue weighted by molar-refractivity contribution is 6.23. The second kappa shape index (κ2) is 10.0.